The molecule has 1 aliphatic rings. The molecule has 0 aliphatic heterocycles. The molecular weight excluding hydrogens is 238 g/mol. The Morgan fingerprint density at radius 2 is 2.33 bits per heavy atom. The number of nitrogens with zero attached hydrogens (tertiary/aromatic N) is 1. The fourth-order valence-corrected chi connectivity index (χ4v) is 1.94. The van der Waals surface area contributed by atoms with Crippen molar-refractivity contribution < 1.29 is 19.4 Å². The Bertz CT molecular complexity index is 451. The minimum absolute atomic E-state index is 0.0346. The first-order valence-corrected chi connectivity index (χ1v) is 5.81. The van der Waals surface area contributed by atoms with E-state index in [0.29, 0.717) is 6.61 Å². The minimum Gasteiger partial charge on any atom is -0.477 e. The van der Waals surface area contributed by atoms with Gasteiger partial charge >= 0.3 is 5.97 Å². The lowest BCUT2D eigenvalue weighted by atomic mass is 9.89. The highest BCUT2D eigenvalue weighted by Crippen LogP contribution is 2.23. The molecule has 7 nitrogen and oxygen atoms in total. The van der Waals surface area contributed by atoms with Gasteiger partial charge in [-0.3, -0.25) is 4.79 Å². The van der Waals surface area contributed by atoms with Crippen LogP contribution in [0, 0.1) is 0 Å². The number of carbonyl (C=O) groups is 2. The molecule has 0 radical (unpaired) electrons. The number of rotatable bonds is 5. The Morgan fingerprint density at radius 3 is 2.94 bits per heavy atom. The van der Waals surface area contributed by atoms with Crippen molar-refractivity contribution in [1.82, 2.24) is 15.3 Å². The molecule has 3 N–H and O–H groups in total. The molecule has 98 valence electrons. The summed E-state index contributed by atoms with van der Waals surface area (Å²) in [4.78, 5) is 28.8. The molecule has 1 aromatic heterocycles. The van der Waals surface area contributed by atoms with E-state index in [1.165, 1.54) is 6.33 Å². The van der Waals surface area contributed by atoms with Crippen molar-refractivity contribution in [2.75, 3.05) is 6.61 Å². The summed E-state index contributed by atoms with van der Waals surface area (Å²) < 4.78 is 5.38. The van der Waals surface area contributed by atoms with Crippen molar-refractivity contribution in [2.24, 2.45) is 0 Å². The zero-order valence-electron chi connectivity index (χ0n) is 9.97. The monoisotopic (exact) mass is 253 g/mol. The fraction of sp³-hybridized carbons (Fsp3) is 0.545. The predicted octanol–water partition coefficient (Wildman–Crippen LogP) is 0.405. The number of hydrogen-bond donors (Lipinski definition) is 3. The van der Waals surface area contributed by atoms with Crippen molar-refractivity contribution >= 4 is 11.9 Å². The average molecular weight is 253 g/mol. The molecule has 1 amide bonds. The van der Waals surface area contributed by atoms with Gasteiger partial charge in [-0.2, -0.15) is 0 Å². The van der Waals surface area contributed by atoms with Crippen LogP contribution in [0.2, 0.25) is 0 Å². The van der Waals surface area contributed by atoms with Crippen LogP contribution in [0.4, 0.5) is 0 Å². The molecule has 0 aromatic carbocycles. The molecule has 2 rings (SSSR count). The molecule has 1 heterocycles. The van der Waals surface area contributed by atoms with E-state index in [1.807, 2.05) is 6.92 Å². The van der Waals surface area contributed by atoms with Crippen molar-refractivity contribution in [3.8, 4) is 0 Å². The number of aromatic amines is 1. The number of carbonyl (C=O) groups excluding carboxylic acids is 1. The molecule has 1 aromatic rings. The van der Waals surface area contributed by atoms with Gasteiger partial charge in [0.1, 0.15) is 0 Å². The maximum Gasteiger partial charge on any atom is 0.354 e. The summed E-state index contributed by atoms with van der Waals surface area (Å²) in [7, 11) is 0. The lowest BCUT2D eigenvalue weighted by molar-refractivity contribution is -0.00869. The van der Waals surface area contributed by atoms with Gasteiger partial charge in [0, 0.05) is 12.6 Å². The highest BCUT2D eigenvalue weighted by molar-refractivity contribution is 6.02. The number of aromatic carboxylic acids is 1. The zero-order valence-corrected chi connectivity index (χ0v) is 9.97. The molecule has 0 unspecified atom stereocenters. The van der Waals surface area contributed by atoms with Crippen LogP contribution in [0.5, 0.6) is 0 Å². The number of amides is 1. The van der Waals surface area contributed by atoms with E-state index >= 15 is 0 Å². The first-order chi connectivity index (χ1) is 8.61. The van der Waals surface area contributed by atoms with Crippen LogP contribution in [0.3, 0.4) is 0 Å². The quantitative estimate of drug-likeness (QED) is 0.704. The Balaban J connectivity index is 1.89. The Hall–Kier alpha value is -1.89. The number of imidazole rings is 1. The second kappa shape index (κ2) is 5.18. The van der Waals surface area contributed by atoms with Crippen LogP contribution >= 0.6 is 0 Å². The van der Waals surface area contributed by atoms with Crippen molar-refractivity contribution in [3.05, 3.63) is 17.7 Å². The summed E-state index contributed by atoms with van der Waals surface area (Å²) in [6.07, 6.45) is 2.90. The summed E-state index contributed by atoms with van der Waals surface area (Å²) in [5, 5.41) is 11.6. The average Bonchev–Trinajstić information content (AvgIpc) is 2.75. The van der Waals surface area contributed by atoms with E-state index in [1.54, 1.807) is 0 Å². The van der Waals surface area contributed by atoms with Gasteiger partial charge in [0.2, 0.25) is 0 Å². The molecular formula is C11H15N3O4. The van der Waals surface area contributed by atoms with Gasteiger partial charge in [-0.05, 0) is 19.8 Å². The van der Waals surface area contributed by atoms with Crippen molar-refractivity contribution in [2.45, 2.75) is 31.9 Å². The lowest BCUT2D eigenvalue weighted by Gasteiger charge is -2.35. The van der Waals surface area contributed by atoms with Crippen LogP contribution < -0.4 is 5.32 Å². The molecule has 7 heteroatoms. The maximum atomic E-state index is 11.8. The topological polar surface area (TPSA) is 104 Å². The highest BCUT2D eigenvalue weighted by atomic mass is 16.5. The summed E-state index contributed by atoms with van der Waals surface area (Å²) in [6, 6.07) is 0.0346. The molecule has 1 fully saturated rings. The standard InChI is InChI=1S/C11H15N3O4/c1-2-18-7-3-6(4-7)14-10(15)8-9(11(16)17)13-5-12-8/h5-7H,2-4H2,1H3,(H,12,13)(H,14,15)(H,16,17). The van der Waals surface area contributed by atoms with E-state index < -0.39 is 11.9 Å². The normalized spacial score (nSPS) is 22.3. The number of hydrogen-bond acceptors (Lipinski definition) is 4. The maximum absolute atomic E-state index is 11.8. The number of aromatic nitrogens is 2. The number of carboxylic acid groups (broad SMARTS) is 1. The molecule has 0 saturated heterocycles. The first kappa shape index (κ1) is 12.6. The van der Waals surface area contributed by atoms with Gasteiger partial charge in [-0.1, -0.05) is 0 Å². The van der Waals surface area contributed by atoms with Gasteiger partial charge in [0.25, 0.3) is 5.91 Å². The van der Waals surface area contributed by atoms with Crippen LogP contribution in [0.15, 0.2) is 6.33 Å². The van der Waals surface area contributed by atoms with Crippen LogP contribution in [0.1, 0.15) is 40.7 Å². The second-order valence-corrected chi connectivity index (χ2v) is 4.15. The number of ether oxygens (including phenoxy) is 1. The summed E-state index contributed by atoms with van der Waals surface area (Å²) in [6.45, 7) is 2.59. The SMILES string of the molecule is CCOC1CC(NC(=O)c2nc[nH]c2C(=O)O)C1. The Kier molecular flexibility index (Phi) is 3.61. The van der Waals surface area contributed by atoms with Crippen molar-refractivity contribution in [1.29, 1.82) is 0 Å². The number of H-pyrrole nitrogens is 1. The fourth-order valence-electron chi connectivity index (χ4n) is 1.94. The molecule has 0 spiro atoms. The third kappa shape index (κ3) is 2.51. The van der Waals surface area contributed by atoms with E-state index in [-0.39, 0.29) is 23.5 Å². The van der Waals surface area contributed by atoms with Crippen LogP contribution in [-0.4, -0.2) is 45.7 Å². The van der Waals surface area contributed by atoms with Gasteiger partial charge in [0.05, 0.1) is 12.4 Å². The largest absolute Gasteiger partial charge is 0.477 e. The minimum atomic E-state index is -1.20. The van der Waals surface area contributed by atoms with Gasteiger partial charge in [-0.25, -0.2) is 9.78 Å². The van der Waals surface area contributed by atoms with E-state index in [9.17, 15) is 9.59 Å². The molecule has 0 atom stereocenters. The molecule has 0 bridgehead atoms. The van der Waals surface area contributed by atoms with Gasteiger partial charge in [0.15, 0.2) is 11.4 Å². The molecule has 18 heavy (non-hydrogen) atoms. The third-order valence-corrected chi connectivity index (χ3v) is 2.90. The smallest absolute Gasteiger partial charge is 0.354 e. The summed E-state index contributed by atoms with van der Waals surface area (Å²) in [5.41, 5.74) is -0.268. The molecule has 1 saturated carbocycles. The van der Waals surface area contributed by atoms with Gasteiger partial charge in [-0.15, -0.1) is 0 Å². The van der Waals surface area contributed by atoms with Gasteiger partial charge < -0.3 is 20.1 Å². The number of nitrogens with one attached hydrogen (secondary N) is 2. The first-order valence-electron chi connectivity index (χ1n) is 5.81. The Labute approximate surface area is 104 Å². The van der Waals surface area contributed by atoms with Crippen LogP contribution in [-0.2, 0) is 4.74 Å². The van der Waals surface area contributed by atoms with E-state index in [0.717, 1.165) is 12.8 Å². The summed E-state index contributed by atoms with van der Waals surface area (Å²) in [5.74, 6) is -1.66. The second-order valence-electron chi connectivity index (χ2n) is 4.15. The predicted molar refractivity (Wildman–Crippen MR) is 61.4 cm³/mol. The van der Waals surface area contributed by atoms with E-state index in [2.05, 4.69) is 15.3 Å². The van der Waals surface area contributed by atoms with E-state index in [4.69, 9.17) is 9.84 Å². The number of carboxylic acids is 1. The summed E-state index contributed by atoms with van der Waals surface area (Å²) >= 11 is 0. The van der Waals surface area contributed by atoms with Crippen molar-refractivity contribution in [3.63, 3.8) is 0 Å². The zero-order chi connectivity index (χ0) is 13.1. The molecule has 1 aliphatic carbocycles. The third-order valence-electron chi connectivity index (χ3n) is 2.90. The lowest BCUT2D eigenvalue weighted by Crippen LogP contribution is -2.48. The highest BCUT2D eigenvalue weighted by Gasteiger charge is 2.32. The van der Waals surface area contributed by atoms with Crippen LogP contribution in [0.25, 0.3) is 0 Å². The Morgan fingerprint density at radius 1 is 1.61 bits per heavy atom.